The molecule has 1 unspecified atom stereocenters. The van der Waals surface area contributed by atoms with Gasteiger partial charge in [0.05, 0.1) is 0 Å². The SMILES string of the molecule is CCCCn1c(N)c(N(CC)C(=O)C(C)Oc2cccc(Cl)c2)c(=O)[nH]c1=O. The van der Waals surface area contributed by atoms with Crippen molar-refractivity contribution in [1.29, 1.82) is 0 Å². The van der Waals surface area contributed by atoms with Gasteiger partial charge in [-0.25, -0.2) is 4.79 Å². The summed E-state index contributed by atoms with van der Waals surface area (Å²) in [6, 6.07) is 6.67. The number of nitrogens with zero attached hydrogens (tertiary/aromatic N) is 2. The summed E-state index contributed by atoms with van der Waals surface area (Å²) in [6.07, 6.45) is 0.666. The summed E-state index contributed by atoms with van der Waals surface area (Å²) in [5.74, 6) is -0.0630. The Kier molecular flexibility index (Phi) is 7.28. The summed E-state index contributed by atoms with van der Waals surface area (Å²) >= 11 is 5.94. The van der Waals surface area contributed by atoms with Gasteiger partial charge in [0.1, 0.15) is 11.6 Å². The topological polar surface area (TPSA) is 110 Å². The lowest BCUT2D eigenvalue weighted by Gasteiger charge is -2.26. The summed E-state index contributed by atoms with van der Waals surface area (Å²) < 4.78 is 6.94. The van der Waals surface area contributed by atoms with Crippen molar-refractivity contribution in [2.75, 3.05) is 17.2 Å². The minimum atomic E-state index is -0.895. The number of aromatic nitrogens is 2. The molecule has 0 spiro atoms. The van der Waals surface area contributed by atoms with Crippen LogP contribution in [-0.4, -0.2) is 28.1 Å². The van der Waals surface area contributed by atoms with Crippen LogP contribution in [0.1, 0.15) is 33.6 Å². The molecule has 1 amide bonds. The van der Waals surface area contributed by atoms with Crippen LogP contribution in [0.5, 0.6) is 5.75 Å². The molecule has 0 fully saturated rings. The lowest BCUT2D eigenvalue weighted by Crippen LogP contribution is -2.45. The van der Waals surface area contributed by atoms with Crippen LogP contribution >= 0.6 is 11.6 Å². The molecule has 1 aromatic carbocycles. The number of H-pyrrole nitrogens is 1. The number of benzene rings is 1. The highest BCUT2D eigenvalue weighted by Gasteiger charge is 2.27. The Balaban J connectivity index is 2.37. The number of rotatable bonds is 8. The Labute approximate surface area is 167 Å². The number of aromatic amines is 1. The normalized spacial score (nSPS) is 11.9. The summed E-state index contributed by atoms with van der Waals surface area (Å²) in [7, 11) is 0. The fraction of sp³-hybridized carbons (Fsp3) is 0.421. The van der Waals surface area contributed by atoms with Crippen LogP contribution in [-0.2, 0) is 11.3 Å². The molecule has 8 nitrogen and oxygen atoms in total. The predicted molar refractivity (Wildman–Crippen MR) is 110 cm³/mol. The molecule has 2 rings (SSSR count). The number of halogens is 1. The van der Waals surface area contributed by atoms with Crippen molar-refractivity contribution >= 4 is 29.0 Å². The summed E-state index contributed by atoms with van der Waals surface area (Å²) in [6.45, 7) is 5.80. The Hall–Kier alpha value is -2.74. The van der Waals surface area contributed by atoms with Gasteiger partial charge < -0.3 is 15.4 Å². The van der Waals surface area contributed by atoms with Gasteiger partial charge in [-0.2, -0.15) is 0 Å². The van der Waals surface area contributed by atoms with Crippen molar-refractivity contribution in [3.63, 3.8) is 0 Å². The van der Waals surface area contributed by atoms with E-state index in [1.54, 1.807) is 38.1 Å². The van der Waals surface area contributed by atoms with E-state index in [0.29, 0.717) is 23.7 Å². The molecule has 152 valence electrons. The molecule has 0 aliphatic rings. The smallest absolute Gasteiger partial charge is 0.330 e. The second-order valence-corrected chi connectivity index (χ2v) is 6.73. The first-order valence-electron chi connectivity index (χ1n) is 9.16. The number of nitrogens with two attached hydrogens (primary N) is 1. The molecule has 1 aromatic heterocycles. The summed E-state index contributed by atoms with van der Waals surface area (Å²) in [5.41, 5.74) is 4.75. The maximum absolute atomic E-state index is 13.0. The number of nitrogens with one attached hydrogen (secondary N) is 1. The fourth-order valence-electron chi connectivity index (χ4n) is 2.81. The Morgan fingerprint density at radius 1 is 1.36 bits per heavy atom. The molecule has 0 radical (unpaired) electrons. The van der Waals surface area contributed by atoms with E-state index in [1.165, 1.54) is 9.47 Å². The van der Waals surface area contributed by atoms with E-state index in [-0.39, 0.29) is 18.1 Å². The van der Waals surface area contributed by atoms with Crippen molar-refractivity contribution in [2.24, 2.45) is 0 Å². The number of nitrogen functional groups attached to an aromatic ring is 1. The lowest BCUT2D eigenvalue weighted by atomic mass is 10.2. The van der Waals surface area contributed by atoms with Gasteiger partial charge in [-0.05, 0) is 38.5 Å². The number of likely N-dealkylation sites (N-methyl/N-ethyl adjacent to an activating group) is 1. The summed E-state index contributed by atoms with van der Waals surface area (Å²) in [4.78, 5) is 40.9. The van der Waals surface area contributed by atoms with E-state index in [4.69, 9.17) is 22.1 Å². The fourth-order valence-corrected chi connectivity index (χ4v) is 3.00. The van der Waals surface area contributed by atoms with Gasteiger partial charge in [0.15, 0.2) is 11.8 Å². The van der Waals surface area contributed by atoms with Gasteiger partial charge in [-0.1, -0.05) is 31.0 Å². The third-order valence-corrected chi connectivity index (χ3v) is 4.49. The number of carbonyl (C=O) groups is 1. The molecule has 0 saturated heterocycles. The van der Waals surface area contributed by atoms with Gasteiger partial charge in [0, 0.05) is 18.1 Å². The van der Waals surface area contributed by atoms with Crippen LogP contribution < -0.4 is 26.6 Å². The van der Waals surface area contributed by atoms with E-state index in [9.17, 15) is 14.4 Å². The average Bonchev–Trinajstić information content (AvgIpc) is 2.64. The minimum absolute atomic E-state index is 0.0349. The number of ether oxygens (including phenoxy) is 1. The lowest BCUT2D eigenvalue weighted by molar-refractivity contribution is -0.124. The Bertz CT molecular complexity index is 954. The monoisotopic (exact) mass is 408 g/mol. The number of carbonyl (C=O) groups excluding carboxylic acids is 1. The van der Waals surface area contributed by atoms with Gasteiger partial charge >= 0.3 is 5.69 Å². The summed E-state index contributed by atoms with van der Waals surface area (Å²) in [5, 5.41) is 0.480. The second-order valence-electron chi connectivity index (χ2n) is 6.30. The van der Waals surface area contributed by atoms with E-state index in [2.05, 4.69) is 4.98 Å². The molecule has 1 heterocycles. The molecule has 0 bridgehead atoms. The molecule has 0 saturated carbocycles. The van der Waals surface area contributed by atoms with Crippen LogP contribution in [0.15, 0.2) is 33.9 Å². The molecular formula is C19H25ClN4O4. The van der Waals surface area contributed by atoms with Crippen LogP contribution in [0.25, 0.3) is 0 Å². The first-order chi connectivity index (χ1) is 13.3. The first kappa shape index (κ1) is 21.6. The number of hydrogen-bond donors (Lipinski definition) is 2. The van der Waals surface area contributed by atoms with Gasteiger partial charge in [0.25, 0.3) is 11.5 Å². The molecule has 2 aromatic rings. The van der Waals surface area contributed by atoms with E-state index < -0.39 is 23.3 Å². The van der Waals surface area contributed by atoms with Gasteiger partial charge in [-0.15, -0.1) is 0 Å². The maximum Gasteiger partial charge on any atom is 0.330 e. The Morgan fingerprint density at radius 2 is 2.07 bits per heavy atom. The number of amides is 1. The average molecular weight is 409 g/mol. The van der Waals surface area contributed by atoms with Crippen molar-refractivity contribution in [1.82, 2.24) is 9.55 Å². The predicted octanol–water partition coefficient (Wildman–Crippen LogP) is 2.39. The third kappa shape index (κ3) is 4.75. The van der Waals surface area contributed by atoms with Crippen molar-refractivity contribution in [2.45, 2.75) is 46.3 Å². The first-order valence-corrected chi connectivity index (χ1v) is 9.54. The van der Waals surface area contributed by atoms with Crippen LogP contribution in [0.2, 0.25) is 5.02 Å². The van der Waals surface area contributed by atoms with Crippen molar-refractivity contribution < 1.29 is 9.53 Å². The van der Waals surface area contributed by atoms with Crippen LogP contribution in [0.4, 0.5) is 11.5 Å². The molecule has 0 aliphatic carbocycles. The third-order valence-electron chi connectivity index (χ3n) is 4.26. The number of unbranched alkanes of at least 4 members (excludes halogenated alkanes) is 1. The molecular weight excluding hydrogens is 384 g/mol. The van der Waals surface area contributed by atoms with Gasteiger partial charge in [-0.3, -0.25) is 19.1 Å². The van der Waals surface area contributed by atoms with Crippen LogP contribution in [0, 0.1) is 0 Å². The number of anilines is 2. The van der Waals surface area contributed by atoms with Gasteiger partial charge in [0.2, 0.25) is 0 Å². The van der Waals surface area contributed by atoms with E-state index in [0.717, 1.165) is 6.42 Å². The second kappa shape index (κ2) is 9.45. The van der Waals surface area contributed by atoms with E-state index in [1.807, 2.05) is 6.92 Å². The number of hydrogen-bond acceptors (Lipinski definition) is 5. The zero-order chi connectivity index (χ0) is 20.8. The molecule has 3 N–H and O–H groups in total. The van der Waals surface area contributed by atoms with Crippen LogP contribution in [0.3, 0.4) is 0 Å². The highest BCUT2D eigenvalue weighted by atomic mass is 35.5. The zero-order valence-electron chi connectivity index (χ0n) is 16.2. The standard InChI is InChI=1S/C19H25ClN4O4/c1-4-6-10-24-16(21)15(17(25)22-19(24)27)23(5-2)18(26)12(3)28-14-9-7-8-13(20)11-14/h7-9,11-12H,4-6,10,21H2,1-3H3,(H,22,25,27). The largest absolute Gasteiger partial charge is 0.481 e. The maximum atomic E-state index is 13.0. The van der Waals surface area contributed by atoms with E-state index >= 15 is 0 Å². The molecule has 1 atom stereocenters. The minimum Gasteiger partial charge on any atom is -0.481 e. The quantitative estimate of drug-likeness (QED) is 0.696. The Morgan fingerprint density at radius 3 is 2.68 bits per heavy atom. The van der Waals surface area contributed by atoms with Crippen molar-refractivity contribution in [3.05, 3.63) is 50.1 Å². The highest BCUT2D eigenvalue weighted by Crippen LogP contribution is 2.21. The molecule has 9 heteroatoms. The van der Waals surface area contributed by atoms with Crippen molar-refractivity contribution in [3.8, 4) is 5.75 Å². The zero-order valence-corrected chi connectivity index (χ0v) is 17.0. The molecule has 0 aliphatic heterocycles. The highest BCUT2D eigenvalue weighted by molar-refractivity contribution is 6.30. The molecule has 28 heavy (non-hydrogen) atoms.